The Balaban J connectivity index is 1.97. The smallest absolute Gasteiger partial charge is 0.151 e. The van der Waals surface area contributed by atoms with Crippen LogP contribution < -0.4 is 5.32 Å². The highest BCUT2D eigenvalue weighted by molar-refractivity contribution is 7.91. The number of benzene rings is 1. The molecule has 5 heteroatoms. The number of nitrogens with one attached hydrogen (secondary N) is 1. The van der Waals surface area contributed by atoms with E-state index in [-0.39, 0.29) is 17.6 Å². The molecule has 1 aliphatic heterocycles. The summed E-state index contributed by atoms with van der Waals surface area (Å²) in [6, 6.07) is 4.67. The topological polar surface area (TPSA) is 46.2 Å². The first-order valence-electron chi connectivity index (χ1n) is 6.15. The highest BCUT2D eigenvalue weighted by Gasteiger charge is 2.24. The van der Waals surface area contributed by atoms with Gasteiger partial charge in [-0.25, -0.2) is 12.8 Å². The van der Waals surface area contributed by atoms with E-state index in [2.05, 4.69) is 5.32 Å². The maximum absolute atomic E-state index is 13.1. The number of hydrogen-bond acceptors (Lipinski definition) is 3. The molecule has 18 heavy (non-hydrogen) atoms. The molecule has 1 fully saturated rings. The van der Waals surface area contributed by atoms with Crippen LogP contribution in [-0.2, 0) is 16.4 Å². The molecular formula is C13H18FNO2S. The molecule has 0 saturated carbocycles. The van der Waals surface area contributed by atoms with Crippen molar-refractivity contribution in [2.24, 2.45) is 0 Å². The number of rotatable bonds is 3. The van der Waals surface area contributed by atoms with Crippen LogP contribution in [0.2, 0.25) is 0 Å². The lowest BCUT2D eigenvalue weighted by atomic mass is 10.1. The third kappa shape index (κ3) is 3.53. The summed E-state index contributed by atoms with van der Waals surface area (Å²) in [6.07, 6.45) is 1.58. The predicted molar refractivity (Wildman–Crippen MR) is 69.7 cm³/mol. The zero-order valence-corrected chi connectivity index (χ0v) is 11.3. The number of halogens is 1. The molecule has 3 nitrogen and oxygen atoms in total. The first-order chi connectivity index (χ1) is 8.46. The summed E-state index contributed by atoms with van der Waals surface area (Å²) in [7, 11) is -2.89. The average Bonchev–Trinajstić information content (AvgIpc) is 2.29. The molecule has 0 amide bonds. The van der Waals surface area contributed by atoms with Gasteiger partial charge in [-0.2, -0.15) is 0 Å². The highest BCUT2D eigenvalue weighted by Crippen LogP contribution is 2.14. The maximum atomic E-state index is 13.1. The second kappa shape index (κ2) is 5.36. The summed E-state index contributed by atoms with van der Waals surface area (Å²) in [4.78, 5) is 0. The van der Waals surface area contributed by atoms with E-state index in [9.17, 15) is 12.8 Å². The monoisotopic (exact) mass is 271 g/mol. The molecule has 1 aliphatic rings. The summed E-state index contributed by atoms with van der Waals surface area (Å²) in [5, 5.41) is 3.22. The molecule has 0 aromatic heterocycles. The largest absolute Gasteiger partial charge is 0.309 e. The molecule has 1 unspecified atom stereocenters. The summed E-state index contributed by atoms with van der Waals surface area (Å²) in [5.41, 5.74) is 1.90. The minimum atomic E-state index is -2.89. The molecule has 0 aliphatic carbocycles. The SMILES string of the molecule is Cc1ccc(F)cc1CNC1CCCS(=O)(=O)C1. The zero-order valence-electron chi connectivity index (χ0n) is 10.4. The molecule has 2 rings (SSSR count). The van der Waals surface area contributed by atoms with Gasteiger partial charge in [-0.05, 0) is 43.0 Å². The Labute approximate surface area is 107 Å². The van der Waals surface area contributed by atoms with Crippen molar-refractivity contribution in [1.29, 1.82) is 0 Å². The van der Waals surface area contributed by atoms with Gasteiger partial charge in [-0.15, -0.1) is 0 Å². The van der Waals surface area contributed by atoms with E-state index in [1.54, 1.807) is 6.07 Å². The van der Waals surface area contributed by atoms with Crippen molar-refractivity contribution >= 4 is 9.84 Å². The fourth-order valence-corrected chi connectivity index (χ4v) is 3.94. The van der Waals surface area contributed by atoms with Crippen molar-refractivity contribution in [3.8, 4) is 0 Å². The zero-order chi connectivity index (χ0) is 13.2. The van der Waals surface area contributed by atoms with Crippen LogP contribution in [0.4, 0.5) is 4.39 Å². The minimum Gasteiger partial charge on any atom is -0.309 e. The molecule has 1 N–H and O–H groups in total. The van der Waals surface area contributed by atoms with Gasteiger partial charge in [-0.1, -0.05) is 6.07 Å². The molecule has 1 saturated heterocycles. The normalized spacial score (nSPS) is 22.9. The Morgan fingerprint density at radius 1 is 1.44 bits per heavy atom. The Kier molecular flexibility index (Phi) is 4.02. The molecule has 0 radical (unpaired) electrons. The standard InChI is InChI=1S/C13H18FNO2S/c1-10-4-5-12(14)7-11(10)8-15-13-3-2-6-18(16,17)9-13/h4-5,7,13,15H,2-3,6,8-9H2,1H3. The maximum Gasteiger partial charge on any atom is 0.151 e. The minimum absolute atomic E-state index is 0.00795. The lowest BCUT2D eigenvalue weighted by molar-refractivity contribution is 0.479. The Bertz CT molecular complexity index is 528. The number of sulfone groups is 1. The second-order valence-corrected chi connectivity index (χ2v) is 7.13. The van der Waals surface area contributed by atoms with Gasteiger partial charge in [-0.3, -0.25) is 0 Å². The molecule has 0 spiro atoms. The van der Waals surface area contributed by atoms with Crippen LogP contribution in [-0.4, -0.2) is 26.0 Å². The lowest BCUT2D eigenvalue weighted by Gasteiger charge is -2.23. The summed E-state index contributed by atoms with van der Waals surface area (Å²) >= 11 is 0. The van der Waals surface area contributed by atoms with E-state index in [1.807, 2.05) is 6.92 Å². The second-order valence-electron chi connectivity index (χ2n) is 4.91. The Morgan fingerprint density at radius 2 is 2.22 bits per heavy atom. The lowest BCUT2D eigenvalue weighted by Crippen LogP contribution is -2.39. The van der Waals surface area contributed by atoms with Gasteiger partial charge in [0, 0.05) is 12.6 Å². The van der Waals surface area contributed by atoms with Gasteiger partial charge in [0.05, 0.1) is 11.5 Å². The number of hydrogen-bond donors (Lipinski definition) is 1. The first-order valence-corrected chi connectivity index (χ1v) is 7.97. The molecule has 1 aromatic rings. The van der Waals surface area contributed by atoms with Crippen LogP contribution in [0, 0.1) is 12.7 Å². The van der Waals surface area contributed by atoms with Gasteiger partial charge in [0.15, 0.2) is 9.84 Å². The van der Waals surface area contributed by atoms with Crippen molar-refractivity contribution < 1.29 is 12.8 Å². The summed E-state index contributed by atoms with van der Waals surface area (Å²) in [5.74, 6) is 0.236. The van der Waals surface area contributed by atoms with E-state index in [0.717, 1.165) is 17.5 Å². The van der Waals surface area contributed by atoms with Crippen LogP contribution in [0.25, 0.3) is 0 Å². The quantitative estimate of drug-likeness (QED) is 0.912. The van der Waals surface area contributed by atoms with Crippen LogP contribution in [0.1, 0.15) is 24.0 Å². The van der Waals surface area contributed by atoms with Gasteiger partial charge >= 0.3 is 0 Å². The molecule has 100 valence electrons. The van der Waals surface area contributed by atoms with Crippen molar-refractivity contribution in [3.63, 3.8) is 0 Å². The fourth-order valence-electron chi connectivity index (χ4n) is 2.27. The van der Waals surface area contributed by atoms with Crippen molar-refractivity contribution in [2.45, 2.75) is 32.4 Å². The fraction of sp³-hybridized carbons (Fsp3) is 0.538. The molecular weight excluding hydrogens is 253 g/mol. The van der Waals surface area contributed by atoms with E-state index in [0.29, 0.717) is 18.7 Å². The molecule has 0 bridgehead atoms. The van der Waals surface area contributed by atoms with Gasteiger partial charge < -0.3 is 5.32 Å². The van der Waals surface area contributed by atoms with Crippen LogP contribution >= 0.6 is 0 Å². The third-order valence-corrected chi connectivity index (χ3v) is 5.18. The van der Waals surface area contributed by atoms with E-state index < -0.39 is 9.84 Å². The average molecular weight is 271 g/mol. The molecule has 1 atom stereocenters. The van der Waals surface area contributed by atoms with Crippen molar-refractivity contribution in [1.82, 2.24) is 5.32 Å². The van der Waals surface area contributed by atoms with Gasteiger partial charge in [0.1, 0.15) is 5.82 Å². The van der Waals surface area contributed by atoms with E-state index in [4.69, 9.17) is 0 Å². The molecule has 1 heterocycles. The summed E-state index contributed by atoms with van der Waals surface area (Å²) in [6.45, 7) is 2.44. The van der Waals surface area contributed by atoms with Gasteiger partial charge in [0.25, 0.3) is 0 Å². The van der Waals surface area contributed by atoms with Crippen LogP contribution in [0.3, 0.4) is 0 Å². The van der Waals surface area contributed by atoms with E-state index in [1.165, 1.54) is 12.1 Å². The van der Waals surface area contributed by atoms with E-state index >= 15 is 0 Å². The molecule has 1 aromatic carbocycles. The Hall–Kier alpha value is -0.940. The third-order valence-electron chi connectivity index (χ3n) is 3.36. The van der Waals surface area contributed by atoms with Crippen LogP contribution in [0.15, 0.2) is 18.2 Å². The van der Waals surface area contributed by atoms with Crippen molar-refractivity contribution in [2.75, 3.05) is 11.5 Å². The van der Waals surface area contributed by atoms with Crippen molar-refractivity contribution in [3.05, 3.63) is 35.1 Å². The number of aryl methyl sites for hydroxylation is 1. The summed E-state index contributed by atoms with van der Waals surface area (Å²) < 4.78 is 36.1. The van der Waals surface area contributed by atoms with Gasteiger partial charge in [0.2, 0.25) is 0 Å². The first kappa shape index (κ1) is 13.5. The van der Waals surface area contributed by atoms with Crippen LogP contribution in [0.5, 0.6) is 0 Å². The Morgan fingerprint density at radius 3 is 2.94 bits per heavy atom. The highest BCUT2D eigenvalue weighted by atomic mass is 32.2. The predicted octanol–water partition coefficient (Wildman–Crippen LogP) is 1.80.